The summed E-state index contributed by atoms with van der Waals surface area (Å²) in [5.41, 5.74) is 1.46. The van der Waals surface area contributed by atoms with E-state index in [0.717, 1.165) is 22.9 Å². The molecule has 1 aliphatic rings. The maximum atomic E-state index is 13.7. The molecule has 0 spiro atoms. The van der Waals surface area contributed by atoms with Gasteiger partial charge in [0, 0.05) is 5.75 Å². The zero-order chi connectivity index (χ0) is 13.1. The number of hydrogen-bond donors (Lipinski definition) is 1. The van der Waals surface area contributed by atoms with E-state index in [9.17, 15) is 4.39 Å². The number of anilines is 1. The second-order valence-corrected chi connectivity index (χ2v) is 6.02. The molecular weight excluding hydrogens is 247 g/mol. The normalized spacial score (nSPS) is 19.8. The fourth-order valence-electron chi connectivity index (χ4n) is 1.98. The number of para-hydroxylation sites is 1. The van der Waals surface area contributed by atoms with Gasteiger partial charge in [0.25, 0.3) is 0 Å². The summed E-state index contributed by atoms with van der Waals surface area (Å²) < 4.78 is 13.7. The molecule has 2 rings (SSSR count). The van der Waals surface area contributed by atoms with Gasteiger partial charge in [0.05, 0.1) is 11.7 Å². The molecule has 2 nitrogen and oxygen atoms in total. The van der Waals surface area contributed by atoms with E-state index in [4.69, 9.17) is 0 Å². The summed E-state index contributed by atoms with van der Waals surface area (Å²) in [4.78, 5) is 4.66. The zero-order valence-electron chi connectivity index (χ0n) is 11.0. The van der Waals surface area contributed by atoms with Crippen LogP contribution in [0.5, 0.6) is 0 Å². The minimum Gasteiger partial charge on any atom is -0.332 e. The van der Waals surface area contributed by atoms with Crippen molar-refractivity contribution in [2.24, 2.45) is 10.9 Å². The standard InChI is InChI=1S/C14H19FN2S/c1-9(2)12-7-8-18-14(16-12)17-13-10(3)5-4-6-11(13)15/h4-6,9,12H,7-8H2,1-3H3,(H,16,17). The number of aryl methyl sites for hydroxylation is 1. The molecule has 0 bridgehead atoms. The van der Waals surface area contributed by atoms with Crippen LogP contribution >= 0.6 is 11.8 Å². The highest BCUT2D eigenvalue weighted by atomic mass is 32.2. The lowest BCUT2D eigenvalue weighted by molar-refractivity contribution is 0.485. The molecule has 0 saturated carbocycles. The minimum absolute atomic E-state index is 0.218. The molecule has 0 radical (unpaired) electrons. The van der Waals surface area contributed by atoms with Gasteiger partial charge < -0.3 is 5.32 Å². The highest BCUT2D eigenvalue weighted by Crippen LogP contribution is 2.26. The molecule has 1 aromatic rings. The molecule has 0 amide bonds. The predicted molar refractivity (Wildman–Crippen MR) is 77.9 cm³/mol. The second-order valence-electron chi connectivity index (χ2n) is 4.94. The van der Waals surface area contributed by atoms with Crippen molar-refractivity contribution in [1.29, 1.82) is 0 Å². The lowest BCUT2D eigenvalue weighted by Gasteiger charge is -2.23. The molecule has 4 heteroatoms. The molecule has 1 N–H and O–H groups in total. The van der Waals surface area contributed by atoms with Gasteiger partial charge in [0.2, 0.25) is 0 Å². The molecule has 0 aromatic heterocycles. The fourth-order valence-corrected chi connectivity index (χ4v) is 2.91. The topological polar surface area (TPSA) is 24.4 Å². The number of benzene rings is 1. The Morgan fingerprint density at radius 3 is 2.89 bits per heavy atom. The van der Waals surface area contributed by atoms with Gasteiger partial charge in [-0.3, -0.25) is 4.99 Å². The summed E-state index contributed by atoms with van der Waals surface area (Å²) in [6.07, 6.45) is 1.10. The first-order valence-electron chi connectivity index (χ1n) is 6.30. The zero-order valence-corrected chi connectivity index (χ0v) is 11.9. The van der Waals surface area contributed by atoms with Crippen molar-refractivity contribution >= 4 is 22.6 Å². The first-order chi connectivity index (χ1) is 8.58. The van der Waals surface area contributed by atoms with Crippen molar-refractivity contribution in [1.82, 2.24) is 0 Å². The lowest BCUT2D eigenvalue weighted by Crippen LogP contribution is -2.24. The number of hydrogen-bond acceptors (Lipinski definition) is 3. The number of nitrogens with one attached hydrogen (secondary N) is 1. The van der Waals surface area contributed by atoms with Crippen LogP contribution in [0.1, 0.15) is 25.8 Å². The fraction of sp³-hybridized carbons (Fsp3) is 0.500. The number of nitrogens with zero attached hydrogens (tertiary/aromatic N) is 1. The molecular formula is C14H19FN2S. The van der Waals surface area contributed by atoms with Crippen molar-refractivity contribution < 1.29 is 4.39 Å². The van der Waals surface area contributed by atoms with E-state index in [1.807, 2.05) is 13.0 Å². The van der Waals surface area contributed by atoms with E-state index in [1.165, 1.54) is 6.07 Å². The van der Waals surface area contributed by atoms with E-state index in [2.05, 4.69) is 24.2 Å². The minimum atomic E-state index is -0.218. The van der Waals surface area contributed by atoms with E-state index in [1.54, 1.807) is 17.8 Å². The molecule has 0 saturated heterocycles. The van der Waals surface area contributed by atoms with Crippen LogP contribution < -0.4 is 5.32 Å². The van der Waals surface area contributed by atoms with E-state index >= 15 is 0 Å². The van der Waals surface area contributed by atoms with Crippen molar-refractivity contribution in [3.05, 3.63) is 29.6 Å². The van der Waals surface area contributed by atoms with E-state index in [0.29, 0.717) is 17.6 Å². The molecule has 1 atom stereocenters. The third-order valence-electron chi connectivity index (χ3n) is 3.16. The highest BCUT2D eigenvalue weighted by Gasteiger charge is 2.19. The summed E-state index contributed by atoms with van der Waals surface area (Å²) in [5.74, 6) is 1.36. The van der Waals surface area contributed by atoms with Gasteiger partial charge in [-0.25, -0.2) is 4.39 Å². The maximum Gasteiger partial charge on any atom is 0.161 e. The Kier molecular flexibility index (Phi) is 4.27. The van der Waals surface area contributed by atoms with Crippen molar-refractivity contribution in [3.63, 3.8) is 0 Å². The van der Waals surface area contributed by atoms with Gasteiger partial charge in [-0.2, -0.15) is 0 Å². The first kappa shape index (κ1) is 13.4. The van der Waals surface area contributed by atoms with Crippen LogP contribution in [0, 0.1) is 18.7 Å². The quantitative estimate of drug-likeness (QED) is 0.873. The van der Waals surface area contributed by atoms with Crippen LogP contribution in [-0.2, 0) is 0 Å². The van der Waals surface area contributed by atoms with Crippen LogP contribution in [0.25, 0.3) is 0 Å². The molecule has 18 heavy (non-hydrogen) atoms. The van der Waals surface area contributed by atoms with Crippen LogP contribution in [-0.4, -0.2) is 17.0 Å². The molecule has 1 unspecified atom stereocenters. The van der Waals surface area contributed by atoms with Crippen molar-refractivity contribution in [2.75, 3.05) is 11.1 Å². The maximum absolute atomic E-state index is 13.7. The summed E-state index contributed by atoms with van der Waals surface area (Å²) in [6, 6.07) is 5.45. The monoisotopic (exact) mass is 266 g/mol. The number of aliphatic imine (C=N–C) groups is 1. The summed E-state index contributed by atoms with van der Waals surface area (Å²) in [7, 11) is 0. The Morgan fingerprint density at radius 1 is 1.44 bits per heavy atom. The SMILES string of the molecule is Cc1cccc(F)c1NC1=NC(C(C)C)CCS1. The van der Waals surface area contributed by atoms with E-state index < -0.39 is 0 Å². The summed E-state index contributed by atoms with van der Waals surface area (Å²) >= 11 is 1.67. The van der Waals surface area contributed by atoms with Gasteiger partial charge in [-0.05, 0) is 30.9 Å². The Bertz CT molecular complexity index is 437. The predicted octanol–water partition coefficient (Wildman–Crippen LogP) is 4.06. The molecule has 0 fully saturated rings. The molecule has 98 valence electrons. The number of thioether (sulfide) groups is 1. The van der Waals surface area contributed by atoms with Crippen LogP contribution in [0.15, 0.2) is 23.2 Å². The Morgan fingerprint density at radius 2 is 2.22 bits per heavy atom. The van der Waals surface area contributed by atoms with Gasteiger partial charge in [-0.15, -0.1) is 0 Å². The van der Waals surface area contributed by atoms with Gasteiger partial charge in [0.1, 0.15) is 5.82 Å². The number of halogens is 1. The van der Waals surface area contributed by atoms with Crippen LogP contribution in [0.3, 0.4) is 0 Å². The highest BCUT2D eigenvalue weighted by molar-refractivity contribution is 8.14. The lowest BCUT2D eigenvalue weighted by atomic mass is 10.0. The van der Waals surface area contributed by atoms with Crippen LogP contribution in [0.2, 0.25) is 0 Å². The molecule has 1 aromatic carbocycles. The van der Waals surface area contributed by atoms with Gasteiger partial charge >= 0.3 is 0 Å². The molecule has 1 heterocycles. The Balaban J connectivity index is 2.18. The summed E-state index contributed by atoms with van der Waals surface area (Å²) in [6.45, 7) is 6.26. The first-order valence-corrected chi connectivity index (χ1v) is 7.29. The van der Waals surface area contributed by atoms with Crippen molar-refractivity contribution in [3.8, 4) is 0 Å². The molecule has 1 aliphatic heterocycles. The molecule has 0 aliphatic carbocycles. The van der Waals surface area contributed by atoms with Gasteiger partial charge in [0.15, 0.2) is 5.17 Å². The van der Waals surface area contributed by atoms with Crippen LogP contribution in [0.4, 0.5) is 10.1 Å². The van der Waals surface area contributed by atoms with E-state index in [-0.39, 0.29) is 5.82 Å². The average molecular weight is 266 g/mol. The summed E-state index contributed by atoms with van der Waals surface area (Å²) in [5, 5.41) is 3.98. The second kappa shape index (κ2) is 5.74. The Hall–Kier alpha value is -1.03. The van der Waals surface area contributed by atoms with Crippen molar-refractivity contribution in [2.45, 2.75) is 33.2 Å². The third kappa shape index (κ3) is 3.05. The third-order valence-corrected chi connectivity index (χ3v) is 4.08. The number of amidine groups is 1. The van der Waals surface area contributed by atoms with Gasteiger partial charge in [-0.1, -0.05) is 37.7 Å². The largest absolute Gasteiger partial charge is 0.332 e. The average Bonchev–Trinajstić information content (AvgIpc) is 2.34. The Labute approximate surface area is 112 Å². The smallest absolute Gasteiger partial charge is 0.161 e. The number of rotatable bonds is 2.